The number of amides is 1. The fourth-order valence-electron chi connectivity index (χ4n) is 3.62. The molecule has 1 amide bonds. The molecule has 2 atom stereocenters. The number of carbonyl (C=O) groups is 1. The second-order valence-electron chi connectivity index (χ2n) is 6.23. The van der Waals surface area contributed by atoms with Crippen LogP contribution in [0, 0.1) is 5.92 Å². The molecule has 0 aromatic heterocycles. The Bertz CT molecular complexity index is 303. The Balaban J connectivity index is 1.96. The van der Waals surface area contributed by atoms with Gasteiger partial charge in [0, 0.05) is 13.1 Å². The summed E-state index contributed by atoms with van der Waals surface area (Å²) in [5.74, 6) is 0.665. The van der Waals surface area contributed by atoms with Crippen LogP contribution in [0.3, 0.4) is 0 Å². The molecule has 0 aromatic rings. The topological polar surface area (TPSA) is 52.6 Å². The molecule has 4 heteroatoms. The average Bonchev–Trinajstić information content (AvgIpc) is 2.88. The Morgan fingerprint density at radius 2 is 2.16 bits per heavy atom. The first-order valence-electron chi connectivity index (χ1n) is 7.81. The highest BCUT2D eigenvalue weighted by Gasteiger charge is 2.43. The Labute approximate surface area is 116 Å². The van der Waals surface area contributed by atoms with E-state index in [0.29, 0.717) is 11.8 Å². The summed E-state index contributed by atoms with van der Waals surface area (Å²) in [7, 11) is 0. The number of hydrogen-bond donors (Lipinski definition) is 2. The largest absolute Gasteiger partial charge is 0.393 e. The SMILES string of the molecule is CCCC1(C(=O)N2CCC(C(C)O)CC2)CCCN1. The quantitative estimate of drug-likeness (QED) is 0.813. The van der Waals surface area contributed by atoms with E-state index in [1.54, 1.807) is 0 Å². The van der Waals surface area contributed by atoms with Crippen molar-refractivity contribution in [2.24, 2.45) is 5.92 Å². The average molecular weight is 268 g/mol. The summed E-state index contributed by atoms with van der Waals surface area (Å²) in [5.41, 5.74) is -0.285. The number of likely N-dealkylation sites (tertiary alicyclic amines) is 1. The molecular weight excluding hydrogens is 240 g/mol. The van der Waals surface area contributed by atoms with Crippen LogP contribution in [0.4, 0.5) is 0 Å². The highest BCUT2D eigenvalue weighted by Crippen LogP contribution is 2.29. The maximum absolute atomic E-state index is 12.8. The highest BCUT2D eigenvalue weighted by molar-refractivity contribution is 5.86. The van der Waals surface area contributed by atoms with Crippen LogP contribution in [-0.4, -0.2) is 47.2 Å². The normalized spacial score (nSPS) is 30.6. The minimum Gasteiger partial charge on any atom is -0.393 e. The lowest BCUT2D eigenvalue weighted by Gasteiger charge is -2.39. The standard InChI is InChI=1S/C15H28N2O2/c1-3-7-15(8-4-9-16-15)14(19)17-10-5-13(6-11-17)12(2)18/h12-13,16,18H,3-11H2,1-2H3. The van der Waals surface area contributed by atoms with Crippen molar-refractivity contribution >= 4 is 5.91 Å². The molecule has 0 spiro atoms. The van der Waals surface area contributed by atoms with E-state index in [2.05, 4.69) is 12.2 Å². The van der Waals surface area contributed by atoms with Crippen LogP contribution >= 0.6 is 0 Å². The summed E-state index contributed by atoms with van der Waals surface area (Å²) >= 11 is 0. The van der Waals surface area contributed by atoms with Crippen molar-refractivity contribution in [1.29, 1.82) is 0 Å². The minimum atomic E-state index is -0.285. The number of rotatable bonds is 4. The first-order valence-corrected chi connectivity index (χ1v) is 7.81. The highest BCUT2D eigenvalue weighted by atomic mass is 16.3. The second kappa shape index (κ2) is 6.23. The van der Waals surface area contributed by atoms with Crippen molar-refractivity contribution in [2.45, 2.75) is 64.0 Å². The second-order valence-corrected chi connectivity index (χ2v) is 6.23. The molecule has 2 aliphatic rings. The van der Waals surface area contributed by atoms with Gasteiger partial charge in [-0.05, 0) is 51.5 Å². The van der Waals surface area contributed by atoms with Crippen LogP contribution in [0.1, 0.15) is 52.4 Å². The van der Waals surface area contributed by atoms with E-state index in [1.807, 2.05) is 11.8 Å². The third-order valence-electron chi connectivity index (χ3n) is 4.84. The third-order valence-corrected chi connectivity index (χ3v) is 4.84. The summed E-state index contributed by atoms with van der Waals surface area (Å²) in [6, 6.07) is 0. The predicted octanol–water partition coefficient (Wildman–Crippen LogP) is 1.53. The number of nitrogens with one attached hydrogen (secondary N) is 1. The smallest absolute Gasteiger partial charge is 0.242 e. The van der Waals surface area contributed by atoms with E-state index < -0.39 is 0 Å². The lowest BCUT2D eigenvalue weighted by atomic mass is 9.87. The van der Waals surface area contributed by atoms with Gasteiger partial charge >= 0.3 is 0 Å². The Morgan fingerprint density at radius 1 is 1.47 bits per heavy atom. The van der Waals surface area contributed by atoms with Crippen LogP contribution in [-0.2, 0) is 4.79 Å². The lowest BCUT2D eigenvalue weighted by molar-refractivity contribution is -0.140. The van der Waals surface area contributed by atoms with Crippen LogP contribution in [0.2, 0.25) is 0 Å². The molecule has 0 aliphatic carbocycles. The van der Waals surface area contributed by atoms with Crippen LogP contribution < -0.4 is 5.32 Å². The molecule has 2 saturated heterocycles. The van der Waals surface area contributed by atoms with Gasteiger partial charge in [-0.25, -0.2) is 0 Å². The molecule has 4 nitrogen and oxygen atoms in total. The number of aliphatic hydroxyl groups is 1. The number of carbonyl (C=O) groups excluding carboxylic acids is 1. The van der Waals surface area contributed by atoms with Crippen molar-refractivity contribution in [3.63, 3.8) is 0 Å². The lowest BCUT2D eigenvalue weighted by Crippen LogP contribution is -2.56. The monoisotopic (exact) mass is 268 g/mol. The Hall–Kier alpha value is -0.610. The zero-order valence-corrected chi connectivity index (χ0v) is 12.3. The van der Waals surface area contributed by atoms with Gasteiger partial charge < -0.3 is 15.3 Å². The fraction of sp³-hybridized carbons (Fsp3) is 0.933. The van der Waals surface area contributed by atoms with E-state index in [0.717, 1.165) is 58.2 Å². The van der Waals surface area contributed by atoms with Gasteiger partial charge in [-0.3, -0.25) is 4.79 Å². The molecule has 2 N–H and O–H groups in total. The van der Waals surface area contributed by atoms with E-state index in [9.17, 15) is 9.90 Å². The number of piperidine rings is 1. The molecule has 2 unspecified atom stereocenters. The Kier molecular flexibility index (Phi) is 4.85. The first kappa shape index (κ1) is 14.8. The number of aliphatic hydroxyl groups excluding tert-OH is 1. The fourth-order valence-corrected chi connectivity index (χ4v) is 3.62. The molecule has 110 valence electrons. The summed E-state index contributed by atoms with van der Waals surface area (Å²) in [4.78, 5) is 14.8. The maximum Gasteiger partial charge on any atom is 0.242 e. The molecule has 0 aromatic carbocycles. The van der Waals surface area contributed by atoms with Gasteiger partial charge in [-0.1, -0.05) is 13.3 Å². The van der Waals surface area contributed by atoms with Crippen LogP contribution in [0.15, 0.2) is 0 Å². The van der Waals surface area contributed by atoms with Gasteiger partial charge in [0.25, 0.3) is 0 Å². The molecule has 0 bridgehead atoms. The zero-order valence-electron chi connectivity index (χ0n) is 12.3. The summed E-state index contributed by atoms with van der Waals surface area (Å²) in [5, 5.41) is 13.1. The van der Waals surface area contributed by atoms with Gasteiger partial charge in [-0.15, -0.1) is 0 Å². The third kappa shape index (κ3) is 3.11. The molecule has 2 rings (SSSR count). The number of hydrogen-bond acceptors (Lipinski definition) is 3. The molecular formula is C15H28N2O2. The van der Waals surface area contributed by atoms with Gasteiger partial charge in [0.1, 0.15) is 0 Å². The predicted molar refractivity (Wildman–Crippen MR) is 75.9 cm³/mol. The number of nitrogens with zero attached hydrogens (tertiary/aromatic N) is 1. The molecule has 19 heavy (non-hydrogen) atoms. The van der Waals surface area contributed by atoms with Crippen molar-refractivity contribution in [2.75, 3.05) is 19.6 Å². The Morgan fingerprint density at radius 3 is 2.63 bits per heavy atom. The van der Waals surface area contributed by atoms with Crippen molar-refractivity contribution in [3.8, 4) is 0 Å². The van der Waals surface area contributed by atoms with Gasteiger partial charge in [0.15, 0.2) is 0 Å². The summed E-state index contributed by atoms with van der Waals surface area (Å²) < 4.78 is 0. The molecule has 0 saturated carbocycles. The summed E-state index contributed by atoms with van der Waals surface area (Å²) in [6.45, 7) is 6.59. The van der Waals surface area contributed by atoms with E-state index >= 15 is 0 Å². The maximum atomic E-state index is 12.8. The van der Waals surface area contributed by atoms with E-state index in [-0.39, 0.29) is 11.6 Å². The van der Waals surface area contributed by atoms with Gasteiger partial charge in [0.2, 0.25) is 5.91 Å². The minimum absolute atomic E-state index is 0.244. The van der Waals surface area contributed by atoms with E-state index in [1.165, 1.54) is 0 Å². The molecule has 2 heterocycles. The first-order chi connectivity index (χ1) is 9.09. The van der Waals surface area contributed by atoms with Gasteiger partial charge in [-0.2, -0.15) is 0 Å². The van der Waals surface area contributed by atoms with Crippen LogP contribution in [0.25, 0.3) is 0 Å². The van der Waals surface area contributed by atoms with Gasteiger partial charge in [0.05, 0.1) is 11.6 Å². The summed E-state index contributed by atoms with van der Waals surface area (Å²) in [6.07, 6.45) is 5.71. The molecule has 2 fully saturated rings. The zero-order chi connectivity index (χ0) is 13.9. The molecule has 0 radical (unpaired) electrons. The van der Waals surface area contributed by atoms with Crippen molar-refractivity contribution in [1.82, 2.24) is 10.2 Å². The van der Waals surface area contributed by atoms with E-state index in [4.69, 9.17) is 0 Å². The van der Waals surface area contributed by atoms with Crippen LogP contribution in [0.5, 0.6) is 0 Å². The van der Waals surface area contributed by atoms with Crippen molar-refractivity contribution in [3.05, 3.63) is 0 Å². The van der Waals surface area contributed by atoms with Crippen molar-refractivity contribution < 1.29 is 9.90 Å². The molecule has 2 aliphatic heterocycles.